The lowest BCUT2D eigenvalue weighted by atomic mass is 9.93. The van der Waals surface area contributed by atoms with Crippen LogP contribution in [0.15, 0.2) is 24.3 Å². The zero-order valence-electron chi connectivity index (χ0n) is 16.7. The largest absolute Gasteiger partial charge is 0.497 e. The molecular formula is C21H34ClN3O2. The first-order valence-electron chi connectivity index (χ1n) is 9.99. The molecule has 6 heteroatoms. The maximum Gasteiger partial charge on any atom is 0.237 e. The van der Waals surface area contributed by atoms with Gasteiger partial charge >= 0.3 is 0 Å². The molecule has 1 aromatic rings. The number of piperidine rings is 1. The predicted molar refractivity (Wildman–Crippen MR) is 112 cm³/mol. The number of amides is 1. The number of halogens is 1. The summed E-state index contributed by atoms with van der Waals surface area (Å²) in [6.07, 6.45) is 5.99. The van der Waals surface area contributed by atoms with Crippen LogP contribution in [0.4, 0.5) is 0 Å². The van der Waals surface area contributed by atoms with Gasteiger partial charge in [-0.15, -0.1) is 12.4 Å². The number of rotatable bonds is 9. The van der Waals surface area contributed by atoms with Crippen LogP contribution in [-0.4, -0.2) is 62.1 Å². The van der Waals surface area contributed by atoms with Crippen LogP contribution in [-0.2, 0) is 11.3 Å². The number of nitrogens with one attached hydrogen (secondary N) is 1. The monoisotopic (exact) mass is 395 g/mol. The first-order valence-corrected chi connectivity index (χ1v) is 9.99. The Labute approximate surface area is 169 Å². The number of methoxy groups -OCH3 is 1. The van der Waals surface area contributed by atoms with E-state index in [4.69, 9.17) is 4.74 Å². The summed E-state index contributed by atoms with van der Waals surface area (Å²) in [5, 5.41) is 3.24. The SMILES string of the molecule is CNCCC1CCN(CC(=O)N(Cc2ccc(OC)cc2)C2CC2)CC1.Cl. The van der Waals surface area contributed by atoms with Crippen LogP contribution in [0.25, 0.3) is 0 Å². The third-order valence-electron chi connectivity index (χ3n) is 5.69. The molecule has 1 aliphatic heterocycles. The number of carbonyl (C=O) groups is 1. The maximum atomic E-state index is 12.9. The van der Waals surface area contributed by atoms with Crippen LogP contribution in [0.5, 0.6) is 5.75 Å². The standard InChI is InChI=1S/C21H33N3O2.ClH/c1-22-12-9-17-10-13-23(14-11-17)16-21(25)24(19-5-6-19)15-18-3-7-20(26-2)8-4-18;/h3-4,7-8,17,19,22H,5-6,9-16H2,1-2H3;1H. The molecule has 0 atom stereocenters. The summed E-state index contributed by atoms with van der Waals surface area (Å²) in [6.45, 7) is 4.50. The Morgan fingerprint density at radius 1 is 1.19 bits per heavy atom. The molecule has 27 heavy (non-hydrogen) atoms. The van der Waals surface area contributed by atoms with E-state index in [1.807, 2.05) is 19.2 Å². The molecule has 2 aliphatic rings. The molecule has 1 aliphatic carbocycles. The van der Waals surface area contributed by atoms with Crippen molar-refractivity contribution in [3.8, 4) is 5.75 Å². The van der Waals surface area contributed by atoms with E-state index < -0.39 is 0 Å². The number of hydrogen-bond acceptors (Lipinski definition) is 4. The third kappa shape index (κ3) is 6.66. The van der Waals surface area contributed by atoms with Gasteiger partial charge in [-0.05, 0) is 82.4 Å². The zero-order chi connectivity index (χ0) is 18.4. The molecule has 0 bridgehead atoms. The summed E-state index contributed by atoms with van der Waals surface area (Å²) >= 11 is 0. The van der Waals surface area contributed by atoms with Crippen molar-refractivity contribution in [1.29, 1.82) is 0 Å². The number of hydrogen-bond donors (Lipinski definition) is 1. The first-order chi connectivity index (χ1) is 12.7. The van der Waals surface area contributed by atoms with Crippen molar-refractivity contribution < 1.29 is 9.53 Å². The van der Waals surface area contributed by atoms with E-state index in [9.17, 15) is 4.79 Å². The molecule has 3 rings (SSSR count). The quantitative estimate of drug-likeness (QED) is 0.698. The topological polar surface area (TPSA) is 44.8 Å². The second-order valence-corrected chi connectivity index (χ2v) is 7.71. The highest BCUT2D eigenvalue weighted by Gasteiger charge is 2.33. The molecule has 1 N–H and O–H groups in total. The second kappa shape index (κ2) is 10.9. The van der Waals surface area contributed by atoms with Gasteiger partial charge in [-0.2, -0.15) is 0 Å². The Morgan fingerprint density at radius 2 is 1.85 bits per heavy atom. The lowest BCUT2D eigenvalue weighted by molar-refractivity contribution is -0.134. The summed E-state index contributed by atoms with van der Waals surface area (Å²) in [4.78, 5) is 17.4. The average molecular weight is 396 g/mol. The van der Waals surface area contributed by atoms with Gasteiger partial charge in [0.25, 0.3) is 0 Å². The van der Waals surface area contributed by atoms with E-state index in [2.05, 4.69) is 27.2 Å². The lowest BCUT2D eigenvalue weighted by Gasteiger charge is -2.33. The fourth-order valence-electron chi connectivity index (χ4n) is 3.80. The van der Waals surface area contributed by atoms with E-state index in [1.54, 1.807) is 7.11 Å². The highest BCUT2D eigenvalue weighted by Crippen LogP contribution is 2.29. The van der Waals surface area contributed by atoms with Crippen molar-refractivity contribution in [2.45, 2.75) is 44.7 Å². The summed E-state index contributed by atoms with van der Waals surface area (Å²) in [6, 6.07) is 8.52. The fraction of sp³-hybridized carbons (Fsp3) is 0.667. The van der Waals surface area contributed by atoms with Crippen molar-refractivity contribution in [3.63, 3.8) is 0 Å². The Kier molecular flexibility index (Phi) is 8.87. The Hall–Kier alpha value is -1.30. The van der Waals surface area contributed by atoms with Gasteiger partial charge in [0, 0.05) is 12.6 Å². The van der Waals surface area contributed by atoms with Crippen molar-refractivity contribution >= 4 is 18.3 Å². The van der Waals surface area contributed by atoms with E-state index in [-0.39, 0.29) is 18.3 Å². The molecule has 1 saturated heterocycles. The zero-order valence-corrected chi connectivity index (χ0v) is 17.5. The molecular weight excluding hydrogens is 362 g/mol. The first kappa shape index (κ1) is 22.0. The van der Waals surface area contributed by atoms with Crippen LogP contribution in [0, 0.1) is 5.92 Å². The molecule has 0 spiro atoms. The van der Waals surface area contributed by atoms with Crippen molar-refractivity contribution in [1.82, 2.24) is 15.1 Å². The van der Waals surface area contributed by atoms with Crippen molar-refractivity contribution in [2.24, 2.45) is 5.92 Å². The van der Waals surface area contributed by atoms with Crippen LogP contribution < -0.4 is 10.1 Å². The summed E-state index contributed by atoms with van der Waals surface area (Å²) in [5.74, 6) is 1.96. The highest BCUT2D eigenvalue weighted by atomic mass is 35.5. The minimum absolute atomic E-state index is 0. The molecule has 152 valence electrons. The van der Waals surface area contributed by atoms with Gasteiger partial charge in [0.05, 0.1) is 13.7 Å². The maximum absolute atomic E-state index is 12.9. The number of ether oxygens (including phenoxy) is 1. The second-order valence-electron chi connectivity index (χ2n) is 7.71. The van der Waals surface area contributed by atoms with Crippen molar-refractivity contribution in [2.75, 3.05) is 40.3 Å². The average Bonchev–Trinajstić information content (AvgIpc) is 3.51. The third-order valence-corrected chi connectivity index (χ3v) is 5.69. The van der Waals surface area contributed by atoms with Gasteiger partial charge in [0.15, 0.2) is 0 Å². The molecule has 1 heterocycles. The predicted octanol–water partition coefficient (Wildman–Crippen LogP) is 2.93. The van der Waals surface area contributed by atoms with Crippen molar-refractivity contribution in [3.05, 3.63) is 29.8 Å². The minimum atomic E-state index is 0. The van der Waals surface area contributed by atoms with Gasteiger partial charge in [0.1, 0.15) is 5.75 Å². The summed E-state index contributed by atoms with van der Waals surface area (Å²) in [5.41, 5.74) is 1.18. The summed E-state index contributed by atoms with van der Waals surface area (Å²) in [7, 11) is 3.69. The van der Waals surface area contributed by atoms with Gasteiger partial charge in [-0.25, -0.2) is 0 Å². The normalized spacial score (nSPS) is 18.0. The van der Waals surface area contributed by atoms with Gasteiger partial charge in [-0.1, -0.05) is 12.1 Å². The molecule has 5 nitrogen and oxygen atoms in total. The van der Waals surface area contributed by atoms with Crippen LogP contribution in [0.1, 0.15) is 37.7 Å². The van der Waals surface area contributed by atoms with Crippen LogP contribution in [0.3, 0.4) is 0 Å². The van der Waals surface area contributed by atoms with Crippen LogP contribution >= 0.6 is 12.4 Å². The molecule has 1 saturated carbocycles. The van der Waals surface area contributed by atoms with Gasteiger partial charge < -0.3 is 15.0 Å². The molecule has 2 fully saturated rings. The van der Waals surface area contributed by atoms with Crippen LogP contribution in [0.2, 0.25) is 0 Å². The number of nitrogens with zero attached hydrogens (tertiary/aromatic N) is 2. The Morgan fingerprint density at radius 3 is 2.41 bits per heavy atom. The molecule has 0 radical (unpaired) electrons. The molecule has 0 aromatic heterocycles. The number of benzene rings is 1. The summed E-state index contributed by atoms with van der Waals surface area (Å²) < 4.78 is 5.22. The Balaban J connectivity index is 0.00000261. The van der Waals surface area contributed by atoms with E-state index >= 15 is 0 Å². The van der Waals surface area contributed by atoms with E-state index in [0.29, 0.717) is 19.1 Å². The highest BCUT2D eigenvalue weighted by molar-refractivity contribution is 5.85. The smallest absolute Gasteiger partial charge is 0.237 e. The number of likely N-dealkylation sites (tertiary alicyclic amines) is 1. The Bertz CT molecular complexity index is 569. The number of carbonyl (C=O) groups excluding carboxylic acids is 1. The van der Waals surface area contributed by atoms with E-state index in [1.165, 1.54) is 24.8 Å². The molecule has 1 aromatic carbocycles. The van der Waals surface area contributed by atoms with Gasteiger partial charge in [-0.3, -0.25) is 9.69 Å². The minimum Gasteiger partial charge on any atom is -0.497 e. The van der Waals surface area contributed by atoms with Gasteiger partial charge in [0.2, 0.25) is 5.91 Å². The lowest BCUT2D eigenvalue weighted by Crippen LogP contribution is -2.44. The molecule has 0 unspecified atom stereocenters. The molecule has 1 amide bonds. The van der Waals surface area contributed by atoms with E-state index in [0.717, 1.165) is 44.1 Å². The fourth-order valence-corrected chi connectivity index (χ4v) is 3.80.